The van der Waals surface area contributed by atoms with Crippen molar-refractivity contribution in [3.63, 3.8) is 0 Å². The summed E-state index contributed by atoms with van der Waals surface area (Å²) in [4.78, 5) is 0. The van der Waals surface area contributed by atoms with Gasteiger partial charge in [0.2, 0.25) is 0 Å². The lowest BCUT2D eigenvalue weighted by atomic mass is 9.44. The van der Waals surface area contributed by atoms with E-state index in [2.05, 4.69) is 20.8 Å². The highest BCUT2D eigenvalue weighted by Crippen LogP contribution is 2.67. The van der Waals surface area contributed by atoms with Crippen molar-refractivity contribution < 1.29 is 5.11 Å². The molecule has 0 spiro atoms. The molecule has 0 bridgehead atoms. The van der Waals surface area contributed by atoms with E-state index >= 15 is 0 Å². The van der Waals surface area contributed by atoms with Gasteiger partial charge in [-0.3, -0.25) is 0 Å². The molecule has 8 atom stereocenters. The third kappa shape index (κ3) is 2.00. The maximum Gasteiger partial charge on any atom is 0.0543 e. The first kappa shape index (κ1) is 15.5. The van der Waals surface area contributed by atoms with E-state index in [4.69, 9.17) is 0 Å². The number of fused-ring (bicyclic) bond motifs is 5. The van der Waals surface area contributed by atoms with E-state index in [9.17, 15) is 5.11 Å². The summed E-state index contributed by atoms with van der Waals surface area (Å²) in [5.74, 6) is 4.79. The van der Waals surface area contributed by atoms with Crippen LogP contribution in [-0.4, -0.2) is 11.2 Å². The van der Waals surface area contributed by atoms with Crippen LogP contribution in [0.5, 0.6) is 0 Å². The molecule has 4 aliphatic carbocycles. The van der Waals surface area contributed by atoms with Crippen LogP contribution in [0.4, 0.5) is 0 Å². The van der Waals surface area contributed by atoms with E-state index in [1.54, 1.807) is 0 Å². The Balaban J connectivity index is 1.61. The Kier molecular flexibility index (Phi) is 3.68. The van der Waals surface area contributed by atoms with E-state index in [1.807, 2.05) is 0 Å². The molecule has 126 valence electrons. The summed E-state index contributed by atoms with van der Waals surface area (Å²) in [7, 11) is 0. The molecule has 0 aromatic rings. The largest absolute Gasteiger partial charge is 0.393 e. The average Bonchev–Trinajstić information content (AvgIpc) is 2.84. The van der Waals surface area contributed by atoms with E-state index in [-0.39, 0.29) is 6.10 Å². The van der Waals surface area contributed by atoms with Gasteiger partial charge in [-0.1, -0.05) is 27.2 Å². The Morgan fingerprint density at radius 3 is 2.36 bits per heavy atom. The third-order valence-corrected chi connectivity index (χ3v) is 9.33. The van der Waals surface area contributed by atoms with E-state index in [1.165, 1.54) is 51.4 Å². The Hall–Kier alpha value is -0.0400. The molecule has 1 heteroatoms. The van der Waals surface area contributed by atoms with Gasteiger partial charge >= 0.3 is 0 Å². The van der Waals surface area contributed by atoms with Crippen LogP contribution in [0.1, 0.15) is 85.0 Å². The minimum absolute atomic E-state index is 0.000524. The standard InChI is InChI=1S/C21H36O/c1-4-14-6-8-18-17-7-5-15-13-16(22)9-11-21(15,3)19(17)10-12-20(14,18)2/h14-19,22H,4-13H2,1-3H3/t14-,15?,16?,17?,18?,19?,20+,21?/m0/s1. The number of aliphatic hydroxyl groups is 1. The summed E-state index contributed by atoms with van der Waals surface area (Å²) >= 11 is 0. The molecule has 0 radical (unpaired) electrons. The SMILES string of the molecule is CC[C@H]1CCC2C3CCC4CC(O)CCC4(C)C3CC[C@@]21C. The molecule has 4 saturated carbocycles. The lowest BCUT2D eigenvalue weighted by Crippen LogP contribution is -2.53. The summed E-state index contributed by atoms with van der Waals surface area (Å²) in [6.45, 7) is 7.68. The van der Waals surface area contributed by atoms with Crippen LogP contribution in [0.3, 0.4) is 0 Å². The predicted molar refractivity (Wildman–Crippen MR) is 91.5 cm³/mol. The predicted octanol–water partition coefficient (Wildman–Crippen LogP) is 5.42. The van der Waals surface area contributed by atoms with Crippen molar-refractivity contribution >= 4 is 0 Å². The molecule has 0 aliphatic heterocycles. The van der Waals surface area contributed by atoms with Crippen molar-refractivity contribution in [2.45, 2.75) is 91.1 Å². The number of hydrogen-bond acceptors (Lipinski definition) is 1. The zero-order valence-electron chi connectivity index (χ0n) is 15.0. The number of hydrogen-bond donors (Lipinski definition) is 1. The van der Waals surface area contributed by atoms with Gasteiger partial charge in [0.05, 0.1) is 6.10 Å². The van der Waals surface area contributed by atoms with Crippen LogP contribution in [0.2, 0.25) is 0 Å². The zero-order chi connectivity index (χ0) is 15.5. The van der Waals surface area contributed by atoms with Gasteiger partial charge in [-0.15, -0.1) is 0 Å². The molecular formula is C21H36O. The van der Waals surface area contributed by atoms with E-state index in [0.717, 1.165) is 42.4 Å². The Labute approximate surface area is 137 Å². The summed E-state index contributed by atoms with van der Waals surface area (Å²) < 4.78 is 0. The van der Waals surface area contributed by atoms with Crippen molar-refractivity contribution in [3.8, 4) is 0 Å². The smallest absolute Gasteiger partial charge is 0.0543 e. The molecule has 1 N–H and O–H groups in total. The third-order valence-electron chi connectivity index (χ3n) is 9.33. The zero-order valence-corrected chi connectivity index (χ0v) is 15.0. The first-order valence-corrected chi connectivity index (χ1v) is 10.2. The fraction of sp³-hybridized carbons (Fsp3) is 1.00. The second-order valence-electron chi connectivity index (χ2n) is 9.81. The van der Waals surface area contributed by atoms with Gasteiger partial charge < -0.3 is 5.11 Å². The highest BCUT2D eigenvalue weighted by Gasteiger charge is 2.59. The van der Waals surface area contributed by atoms with Gasteiger partial charge in [-0.25, -0.2) is 0 Å². The monoisotopic (exact) mass is 304 g/mol. The minimum atomic E-state index is -0.000524. The second kappa shape index (κ2) is 5.23. The molecule has 0 aromatic carbocycles. The van der Waals surface area contributed by atoms with E-state index < -0.39 is 0 Å². The van der Waals surface area contributed by atoms with Crippen molar-refractivity contribution in [2.75, 3.05) is 0 Å². The van der Waals surface area contributed by atoms with Crippen LogP contribution < -0.4 is 0 Å². The summed E-state index contributed by atoms with van der Waals surface area (Å²) in [5.41, 5.74) is 1.21. The first-order valence-electron chi connectivity index (χ1n) is 10.2. The lowest BCUT2D eigenvalue weighted by Gasteiger charge is -2.61. The van der Waals surface area contributed by atoms with Crippen LogP contribution in [0.15, 0.2) is 0 Å². The molecule has 0 heterocycles. The first-order chi connectivity index (χ1) is 10.5. The van der Waals surface area contributed by atoms with Crippen molar-refractivity contribution in [3.05, 3.63) is 0 Å². The molecule has 4 rings (SSSR count). The van der Waals surface area contributed by atoms with Gasteiger partial charge in [0.1, 0.15) is 0 Å². The second-order valence-corrected chi connectivity index (χ2v) is 9.81. The molecule has 1 nitrogen and oxygen atoms in total. The number of rotatable bonds is 1. The fourth-order valence-corrected chi connectivity index (χ4v) is 8.01. The fourth-order valence-electron chi connectivity index (χ4n) is 8.01. The molecule has 6 unspecified atom stereocenters. The van der Waals surface area contributed by atoms with Crippen molar-refractivity contribution in [2.24, 2.45) is 40.4 Å². The quantitative estimate of drug-likeness (QED) is 0.686. The molecule has 0 aromatic heterocycles. The van der Waals surface area contributed by atoms with Crippen LogP contribution in [-0.2, 0) is 0 Å². The van der Waals surface area contributed by atoms with Gasteiger partial charge in [-0.05, 0) is 98.2 Å². The minimum Gasteiger partial charge on any atom is -0.393 e. The normalized spacial score (nSPS) is 57.8. The molecule has 0 amide bonds. The maximum absolute atomic E-state index is 10.1. The molecule has 4 fully saturated rings. The number of aliphatic hydroxyl groups excluding tert-OH is 1. The van der Waals surface area contributed by atoms with Crippen molar-refractivity contribution in [1.29, 1.82) is 0 Å². The van der Waals surface area contributed by atoms with Crippen LogP contribution >= 0.6 is 0 Å². The summed E-state index contributed by atoms with van der Waals surface area (Å²) in [6.07, 6.45) is 13.7. The molecule has 4 aliphatic rings. The topological polar surface area (TPSA) is 20.2 Å². The van der Waals surface area contributed by atoms with Gasteiger partial charge in [0, 0.05) is 0 Å². The van der Waals surface area contributed by atoms with Crippen LogP contribution in [0, 0.1) is 40.4 Å². The summed E-state index contributed by atoms with van der Waals surface area (Å²) in [5, 5.41) is 10.1. The molecular weight excluding hydrogens is 268 g/mol. The van der Waals surface area contributed by atoms with Crippen molar-refractivity contribution in [1.82, 2.24) is 0 Å². The average molecular weight is 305 g/mol. The Morgan fingerprint density at radius 1 is 0.864 bits per heavy atom. The van der Waals surface area contributed by atoms with Gasteiger partial charge in [0.25, 0.3) is 0 Å². The highest BCUT2D eigenvalue weighted by atomic mass is 16.3. The lowest BCUT2D eigenvalue weighted by molar-refractivity contribution is -0.126. The van der Waals surface area contributed by atoms with E-state index in [0.29, 0.717) is 10.8 Å². The summed E-state index contributed by atoms with van der Waals surface area (Å²) in [6, 6.07) is 0. The molecule has 22 heavy (non-hydrogen) atoms. The Bertz CT molecular complexity index is 432. The van der Waals surface area contributed by atoms with Gasteiger partial charge in [-0.2, -0.15) is 0 Å². The van der Waals surface area contributed by atoms with Crippen LogP contribution in [0.25, 0.3) is 0 Å². The molecule has 0 saturated heterocycles. The maximum atomic E-state index is 10.1. The highest BCUT2D eigenvalue weighted by molar-refractivity contribution is 5.08. The Morgan fingerprint density at radius 2 is 1.59 bits per heavy atom. The van der Waals surface area contributed by atoms with Gasteiger partial charge in [0.15, 0.2) is 0 Å².